The molecule has 1 heterocycles. The lowest BCUT2D eigenvalue weighted by molar-refractivity contribution is -0.151. The second kappa shape index (κ2) is 9.65. The molecule has 0 radical (unpaired) electrons. The zero-order valence-corrected chi connectivity index (χ0v) is 16.8. The minimum atomic E-state index is -3.55. The molecule has 10 heteroatoms. The third-order valence-corrected chi connectivity index (χ3v) is 6.10. The largest absolute Gasteiger partial charge is 0.454 e. The monoisotopic (exact) mass is 411 g/mol. The molecule has 28 heavy (non-hydrogen) atoms. The highest BCUT2D eigenvalue weighted by atomic mass is 32.2. The number of likely N-dealkylation sites (tertiary alicyclic amines) is 1. The van der Waals surface area contributed by atoms with E-state index < -0.39 is 28.5 Å². The number of benzene rings is 1. The van der Waals surface area contributed by atoms with Crippen LogP contribution < -0.4 is 5.32 Å². The van der Waals surface area contributed by atoms with Gasteiger partial charge in [0.25, 0.3) is 5.91 Å². The van der Waals surface area contributed by atoms with E-state index in [0.29, 0.717) is 18.7 Å². The lowest BCUT2D eigenvalue weighted by Gasteiger charge is -2.19. The minimum Gasteiger partial charge on any atom is -0.454 e. The normalized spacial score (nSPS) is 15.2. The lowest BCUT2D eigenvalue weighted by Crippen LogP contribution is -2.36. The van der Waals surface area contributed by atoms with Gasteiger partial charge in [-0.1, -0.05) is 6.42 Å². The molecule has 0 spiro atoms. The Morgan fingerprint density at radius 3 is 2.46 bits per heavy atom. The topological polar surface area (TPSA) is 113 Å². The van der Waals surface area contributed by atoms with Gasteiger partial charge in [-0.05, 0) is 37.1 Å². The van der Waals surface area contributed by atoms with Crippen LogP contribution in [0.3, 0.4) is 0 Å². The van der Waals surface area contributed by atoms with Crippen molar-refractivity contribution in [2.24, 2.45) is 0 Å². The highest BCUT2D eigenvalue weighted by Gasteiger charge is 2.20. The molecule has 1 aliphatic heterocycles. The Hall–Kier alpha value is -2.46. The summed E-state index contributed by atoms with van der Waals surface area (Å²) in [4.78, 5) is 37.2. The molecule has 1 aromatic rings. The van der Waals surface area contributed by atoms with Gasteiger partial charge < -0.3 is 15.0 Å². The molecule has 0 aliphatic carbocycles. The first kappa shape index (κ1) is 21.8. The fourth-order valence-electron chi connectivity index (χ4n) is 2.67. The van der Waals surface area contributed by atoms with Crippen molar-refractivity contribution < 1.29 is 27.5 Å². The number of ether oxygens (including phenoxy) is 1. The Balaban J connectivity index is 1.82. The predicted octanol–water partition coefficient (Wildman–Crippen LogP) is 0.821. The van der Waals surface area contributed by atoms with Crippen LogP contribution in [0.1, 0.15) is 25.7 Å². The number of sulfonamides is 1. The van der Waals surface area contributed by atoms with Crippen LogP contribution in [0.5, 0.6) is 0 Å². The fourth-order valence-corrected chi connectivity index (χ4v) is 3.57. The van der Waals surface area contributed by atoms with Crippen molar-refractivity contribution in [1.29, 1.82) is 0 Å². The van der Waals surface area contributed by atoms with Crippen molar-refractivity contribution in [3.05, 3.63) is 24.3 Å². The van der Waals surface area contributed by atoms with E-state index in [2.05, 4.69) is 5.32 Å². The second-order valence-corrected chi connectivity index (χ2v) is 8.80. The summed E-state index contributed by atoms with van der Waals surface area (Å²) in [6.07, 6.45) is 3.04. The van der Waals surface area contributed by atoms with Gasteiger partial charge in [0, 0.05) is 32.7 Å². The van der Waals surface area contributed by atoms with E-state index in [0.717, 1.165) is 23.6 Å². The Labute approximate surface area is 164 Å². The van der Waals surface area contributed by atoms with Crippen molar-refractivity contribution in [2.45, 2.75) is 30.6 Å². The number of carbonyl (C=O) groups excluding carboxylic acids is 3. The first-order valence-electron chi connectivity index (χ1n) is 8.96. The fraction of sp³-hybridized carbons (Fsp3) is 0.500. The summed E-state index contributed by atoms with van der Waals surface area (Å²) in [5.74, 6) is -1.27. The number of anilines is 1. The SMILES string of the molecule is CN(C)S(=O)(=O)c1ccc(NC(=O)COC(=O)CN2CCCCCC2=O)cc1. The Morgan fingerprint density at radius 1 is 1.14 bits per heavy atom. The number of amides is 2. The Morgan fingerprint density at radius 2 is 1.82 bits per heavy atom. The molecule has 1 aromatic carbocycles. The van der Waals surface area contributed by atoms with Crippen LogP contribution >= 0.6 is 0 Å². The summed E-state index contributed by atoms with van der Waals surface area (Å²) in [6.45, 7) is -0.135. The average molecular weight is 411 g/mol. The van der Waals surface area contributed by atoms with Gasteiger partial charge in [-0.2, -0.15) is 0 Å². The van der Waals surface area contributed by atoms with Crippen LogP contribution in [0.15, 0.2) is 29.2 Å². The number of esters is 1. The van der Waals surface area contributed by atoms with Crippen molar-refractivity contribution in [2.75, 3.05) is 39.1 Å². The van der Waals surface area contributed by atoms with Crippen LogP contribution in [0.2, 0.25) is 0 Å². The minimum absolute atomic E-state index is 0.0772. The van der Waals surface area contributed by atoms with E-state index >= 15 is 0 Å². The van der Waals surface area contributed by atoms with Crippen LogP contribution in [-0.4, -0.2) is 69.2 Å². The zero-order valence-electron chi connectivity index (χ0n) is 16.0. The standard InChI is InChI=1S/C18H25N3O6S/c1-20(2)28(25,26)15-9-7-14(8-10-15)19-16(22)13-27-18(24)12-21-11-5-3-4-6-17(21)23/h7-10H,3-6,11-13H2,1-2H3,(H,19,22). The molecule has 0 saturated carbocycles. The van der Waals surface area contributed by atoms with Crippen molar-refractivity contribution in [3.63, 3.8) is 0 Å². The van der Waals surface area contributed by atoms with Gasteiger partial charge in [0.15, 0.2) is 6.61 Å². The van der Waals surface area contributed by atoms with E-state index in [1.165, 1.54) is 43.3 Å². The van der Waals surface area contributed by atoms with E-state index in [1.54, 1.807) is 0 Å². The summed E-state index contributed by atoms with van der Waals surface area (Å²) in [7, 11) is -0.687. The van der Waals surface area contributed by atoms with Crippen LogP contribution in [-0.2, 0) is 29.1 Å². The van der Waals surface area contributed by atoms with Crippen molar-refractivity contribution in [3.8, 4) is 0 Å². The summed E-state index contributed by atoms with van der Waals surface area (Å²) >= 11 is 0. The maximum atomic E-state index is 12.0. The number of nitrogens with zero attached hydrogens (tertiary/aromatic N) is 2. The molecule has 9 nitrogen and oxygen atoms in total. The number of nitrogens with one attached hydrogen (secondary N) is 1. The molecule has 1 aliphatic rings. The van der Waals surface area contributed by atoms with Gasteiger partial charge in [-0.3, -0.25) is 14.4 Å². The molecular weight excluding hydrogens is 386 g/mol. The molecule has 2 amide bonds. The number of hydrogen-bond donors (Lipinski definition) is 1. The summed E-state index contributed by atoms with van der Waals surface area (Å²) in [5, 5.41) is 2.52. The first-order chi connectivity index (χ1) is 13.2. The van der Waals surface area contributed by atoms with Crippen LogP contribution in [0.25, 0.3) is 0 Å². The molecule has 2 rings (SSSR count). The molecule has 0 unspecified atom stereocenters. The number of hydrogen-bond acceptors (Lipinski definition) is 6. The van der Waals surface area contributed by atoms with Gasteiger partial charge in [-0.15, -0.1) is 0 Å². The Kier molecular flexibility index (Phi) is 7.53. The average Bonchev–Trinajstić information content (AvgIpc) is 2.85. The quantitative estimate of drug-likeness (QED) is 0.665. The molecule has 154 valence electrons. The maximum absolute atomic E-state index is 12.0. The second-order valence-electron chi connectivity index (χ2n) is 6.65. The predicted molar refractivity (Wildman–Crippen MR) is 102 cm³/mol. The highest BCUT2D eigenvalue weighted by Crippen LogP contribution is 2.16. The molecule has 1 N–H and O–H groups in total. The number of carbonyl (C=O) groups is 3. The smallest absolute Gasteiger partial charge is 0.326 e. The van der Waals surface area contributed by atoms with Crippen molar-refractivity contribution in [1.82, 2.24) is 9.21 Å². The summed E-state index contributed by atoms with van der Waals surface area (Å²) < 4.78 is 30.0. The third-order valence-electron chi connectivity index (χ3n) is 4.27. The molecular formula is C18H25N3O6S. The van der Waals surface area contributed by atoms with Crippen LogP contribution in [0.4, 0.5) is 5.69 Å². The van der Waals surface area contributed by atoms with Gasteiger partial charge in [0.1, 0.15) is 6.54 Å². The molecule has 0 atom stereocenters. The van der Waals surface area contributed by atoms with E-state index in [-0.39, 0.29) is 17.3 Å². The van der Waals surface area contributed by atoms with Crippen molar-refractivity contribution >= 4 is 33.5 Å². The van der Waals surface area contributed by atoms with E-state index in [1.807, 2.05) is 0 Å². The first-order valence-corrected chi connectivity index (χ1v) is 10.4. The molecule has 0 aromatic heterocycles. The molecule has 1 saturated heterocycles. The summed E-state index contributed by atoms with van der Waals surface area (Å²) in [6, 6.07) is 5.65. The van der Waals surface area contributed by atoms with Gasteiger partial charge >= 0.3 is 5.97 Å². The maximum Gasteiger partial charge on any atom is 0.326 e. The Bertz CT molecular complexity index is 820. The van der Waals surface area contributed by atoms with Gasteiger partial charge in [0.05, 0.1) is 4.90 Å². The zero-order chi connectivity index (χ0) is 20.7. The summed E-state index contributed by atoms with van der Waals surface area (Å²) in [5.41, 5.74) is 0.376. The molecule has 0 bridgehead atoms. The molecule has 1 fully saturated rings. The highest BCUT2D eigenvalue weighted by molar-refractivity contribution is 7.89. The number of rotatable bonds is 7. The lowest BCUT2D eigenvalue weighted by atomic mass is 10.2. The van der Waals surface area contributed by atoms with E-state index in [4.69, 9.17) is 4.74 Å². The van der Waals surface area contributed by atoms with Crippen LogP contribution in [0, 0.1) is 0 Å². The third kappa shape index (κ3) is 6.03. The van der Waals surface area contributed by atoms with Gasteiger partial charge in [-0.25, -0.2) is 12.7 Å². The van der Waals surface area contributed by atoms with E-state index in [9.17, 15) is 22.8 Å². The van der Waals surface area contributed by atoms with Gasteiger partial charge in [0.2, 0.25) is 15.9 Å².